The Balaban J connectivity index is 1.48. The van der Waals surface area contributed by atoms with Gasteiger partial charge in [0.15, 0.2) is 0 Å². The molecule has 4 rings (SSSR count). The van der Waals surface area contributed by atoms with Gasteiger partial charge in [-0.15, -0.1) is 16.7 Å². The van der Waals surface area contributed by atoms with Crippen molar-refractivity contribution >= 4 is 23.3 Å². The Morgan fingerprint density at radius 2 is 1.58 bits per heavy atom. The highest BCUT2D eigenvalue weighted by molar-refractivity contribution is 6.27. The number of nitrogens with two attached hydrogens (primary N) is 1. The summed E-state index contributed by atoms with van der Waals surface area (Å²) < 4.78 is 1.63. The van der Waals surface area contributed by atoms with Crippen LogP contribution in [0.4, 0.5) is 0 Å². The Bertz CT molecular complexity index is 1270. The van der Waals surface area contributed by atoms with E-state index >= 15 is 0 Å². The van der Waals surface area contributed by atoms with Crippen molar-refractivity contribution in [1.82, 2.24) is 20.3 Å². The van der Waals surface area contributed by atoms with E-state index in [0.29, 0.717) is 37.5 Å². The van der Waals surface area contributed by atoms with E-state index in [1.807, 2.05) is 66.9 Å². The number of aliphatic imine (C=N–C) groups is 1. The molecule has 0 aliphatic heterocycles. The van der Waals surface area contributed by atoms with Gasteiger partial charge in [0.2, 0.25) is 5.91 Å². The van der Waals surface area contributed by atoms with Gasteiger partial charge in [-0.25, -0.2) is 4.68 Å². The number of alkyl halides is 1. The maximum absolute atomic E-state index is 13.2. The van der Waals surface area contributed by atoms with Crippen LogP contribution in [0.1, 0.15) is 24.4 Å². The molecule has 3 aromatic carbocycles. The summed E-state index contributed by atoms with van der Waals surface area (Å²) in [4.78, 5) is 17.4. The average Bonchev–Trinajstić information content (AvgIpc) is 3.42. The molecule has 1 aromatic heterocycles. The number of rotatable bonds is 11. The first-order chi connectivity index (χ1) is 17.6. The average molecular weight is 501 g/mol. The second-order valence-electron chi connectivity index (χ2n) is 8.40. The van der Waals surface area contributed by atoms with Crippen molar-refractivity contribution in [2.45, 2.75) is 25.4 Å². The minimum absolute atomic E-state index is 0.121. The molecule has 0 fully saturated rings. The van der Waals surface area contributed by atoms with Gasteiger partial charge in [-0.05, 0) is 29.5 Å². The molecule has 0 radical (unpaired) electrons. The Kier molecular flexibility index (Phi) is 8.83. The number of amides is 1. The van der Waals surface area contributed by atoms with Crippen LogP contribution in [0.5, 0.6) is 0 Å². The molecule has 0 aliphatic carbocycles. The molecule has 4 aromatic rings. The van der Waals surface area contributed by atoms with Crippen LogP contribution in [0.25, 0.3) is 22.4 Å². The first-order valence-corrected chi connectivity index (χ1v) is 12.4. The normalized spacial score (nSPS) is 12.3. The molecule has 0 aliphatic rings. The minimum atomic E-state index is -0.522. The molecular formula is C28H29ClN6O. The molecular weight excluding hydrogens is 472 g/mol. The summed E-state index contributed by atoms with van der Waals surface area (Å²) >= 11 is 5.70. The summed E-state index contributed by atoms with van der Waals surface area (Å²) in [6.07, 6.45) is 3.01. The number of nitrogens with zero attached hydrogens (tertiary/aromatic N) is 4. The highest BCUT2D eigenvalue weighted by atomic mass is 35.5. The maximum Gasteiger partial charge on any atom is 0.245 e. The molecule has 36 heavy (non-hydrogen) atoms. The Hall–Kier alpha value is -3.97. The van der Waals surface area contributed by atoms with E-state index in [0.717, 1.165) is 22.3 Å². The summed E-state index contributed by atoms with van der Waals surface area (Å²) in [5.74, 6) is 0.462. The van der Waals surface area contributed by atoms with Crippen LogP contribution in [0.3, 0.4) is 0 Å². The minimum Gasteiger partial charge on any atom is -0.386 e. The number of hydrogen-bond donors (Lipinski definition) is 2. The number of hydrogen-bond acceptors (Lipinski definition) is 4. The van der Waals surface area contributed by atoms with Crippen LogP contribution < -0.4 is 11.1 Å². The van der Waals surface area contributed by atoms with Crippen LogP contribution >= 0.6 is 11.6 Å². The van der Waals surface area contributed by atoms with Crippen molar-refractivity contribution in [3.05, 3.63) is 96.7 Å². The number of amidine groups is 1. The molecule has 1 amide bonds. The van der Waals surface area contributed by atoms with Gasteiger partial charge in [0.1, 0.15) is 17.6 Å². The van der Waals surface area contributed by atoms with Crippen LogP contribution in [0, 0.1) is 0 Å². The third-order valence-electron chi connectivity index (χ3n) is 5.82. The van der Waals surface area contributed by atoms with Gasteiger partial charge < -0.3 is 11.1 Å². The molecule has 0 saturated heterocycles. The zero-order valence-electron chi connectivity index (χ0n) is 19.9. The summed E-state index contributed by atoms with van der Waals surface area (Å²) in [7, 11) is 0. The van der Waals surface area contributed by atoms with Crippen LogP contribution in [0.15, 0.2) is 96.1 Å². The van der Waals surface area contributed by atoms with Crippen molar-refractivity contribution in [1.29, 1.82) is 0 Å². The van der Waals surface area contributed by atoms with Gasteiger partial charge in [-0.3, -0.25) is 9.79 Å². The Labute approximate surface area is 216 Å². The lowest BCUT2D eigenvalue weighted by Gasteiger charge is -2.16. The number of carbonyl (C=O) groups excluding carboxylic acids is 1. The van der Waals surface area contributed by atoms with E-state index in [1.165, 1.54) is 0 Å². The molecule has 1 heterocycles. The lowest BCUT2D eigenvalue weighted by atomic mass is 10.0. The van der Waals surface area contributed by atoms with Crippen LogP contribution in [-0.2, 0) is 11.3 Å². The van der Waals surface area contributed by atoms with E-state index < -0.39 is 6.04 Å². The van der Waals surface area contributed by atoms with Gasteiger partial charge >= 0.3 is 0 Å². The van der Waals surface area contributed by atoms with Gasteiger partial charge in [-0.1, -0.05) is 90.1 Å². The molecule has 0 spiro atoms. The molecule has 184 valence electrons. The fourth-order valence-corrected chi connectivity index (χ4v) is 3.95. The standard InChI is InChI=1S/C28H29ClN6O/c29-18-27(30)31-17-7-12-26(28(36)32-19-21-8-3-1-4-9-21)35-20-25(33-34-35)24-15-13-23(14-16-24)22-10-5-2-6-11-22/h1-6,8-11,13-16,20,26H,7,12,17-19H2,(H2,30,31)(H,32,36)/t26-/m0/s1. The quantitative estimate of drug-likeness (QED) is 0.133. The fourth-order valence-electron chi connectivity index (χ4n) is 3.86. The van der Waals surface area contributed by atoms with Crippen molar-refractivity contribution in [3.8, 4) is 22.4 Å². The lowest BCUT2D eigenvalue weighted by molar-refractivity contribution is -0.125. The van der Waals surface area contributed by atoms with E-state index in [-0.39, 0.29) is 11.8 Å². The Morgan fingerprint density at radius 3 is 2.28 bits per heavy atom. The Morgan fingerprint density at radius 1 is 0.944 bits per heavy atom. The topological polar surface area (TPSA) is 98.2 Å². The number of nitrogens with one attached hydrogen (secondary N) is 1. The zero-order valence-corrected chi connectivity index (χ0v) is 20.7. The van der Waals surface area contributed by atoms with Crippen LogP contribution in [-0.4, -0.2) is 39.2 Å². The van der Waals surface area contributed by atoms with Gasteiger partial charge in [0.05, 0.1) is 12.1 Å². The molecule has 0 unspecified atom stereocenters. The first-order valence-electron chi connectivity index (χ1n) is 11.9. The van der Waals surface area contributed by atoms with Gasteiger partial charge in [0, 0.05) is 18.7 Å². The third-order valence-corrected chi connectivity index (χ3v) is 6.09. The molecule has 3 N–H and O–H groups in total. The largest absolute Gasteiger partial charge is 0.386 e. The van der Waals surface area contributed by atoms with E-state index in [9.17, 15) is 4.79 Å². The van der Waals surface area contributed by atoms with Crippen LogP contribution in [0.2, 0.25) is 0 Å². The molecule has 0 bridgehead atoms. The fraction of sp³-hybridized carbons (Fsp3) is 0.214. The number of aromatic nitrogens is 3. The smallest absolute Gasteiger partial charge is 0.245 e. The monoisotopic (exact) mass is 500 g/mol. The van der Waals surface area contributed by atoms with Gasteiger partial charge in [0.25, 0.3) is 0 Å². The third kappa shape index (κ3) is 6.79. The SMILES string of the molecule is NC(CCl)=NCCC[C@@H](C(=O)NCc1ccccc1)n1cc(-c2ccc(-c3ccccc3)cc2)nn1. The summed E-state index contributed by atoms with van der Waals surface area (Å²) in [6, 6.07) is 27.6. The summed E-state index contributed by atoms with van der Waals surface area (Å²) in [5.41, 5.74) is 10.7. The second-order valence-corrected chi connectivity index (χ2v) is 8.66. The van der Waals surface area contributed by atoms with Crippen molar-refractivity contribution in [2.24, 2.45) is 10.7 Å². The number of benzene rings is 3. The second kappa shape index (κ2) is 12.7. The molecule has 0 saturated carbocycles. The highest BCUT2D eigenvalue weighted by Crippen LogP contribution is 2.24. The molecule has 1 atom stereocenters. The van der Waals surface area contributed by atoms with Crippen molar-refractivity contribution in [3.63, 3.8) is 0 Å². The molecule has 7 nitrogen and oxygen atoms in total. The lowest BCUT2D eigenvalue weighted by Crippen LogP contribution is -2.32. The molecule has 8 heteroatoms. The predicted molar refractivity (Wildman–Crippen MR) is 145 cm³/mol. The highest BCUT2D eigenvalue weighted by Gasteiger charge is 2.22. The van der Waals surface area contributed by atoms with E-state index in [2.05, 4.69) is 44.9 Å². The number of halogens is 1. The zero-order chi connectivity index (χ0) is 25.2. The van der Waals surface area contributed by atoms with E-state index in [1.54, 1.807) is 4.68 Å². The summed E-state index contributed by atoms with van der Waals surface area (Å²) in [5, 5.41) is 11.7. The maximum atomic E-state index is 13.2. The predicted octanol–water partition coefficient (Wildman–Crippen LogP) is 4.85. The van der Waals surface area contributed by atoms with E-state index in [4.69, 9.17) is 17.3 Å². The number of carbonyl (C=O) groups is 1. The van der Waals surface area contributed by atoms with Gasteiger partial charge in [-0.2, -0.15) is 0 Å². The van der Waals surface area contributed by atoms with Crippen molar-refractivity contribution in [2.75, 3.05) is 12.4 Å². The summed E-state index contributed by atoms with van der Waals surface area (Å²) in [6.45, 7) is 0.930. The van der Waals surface area contributed by atoms with Crippen molar-refractivity contribution < 1.29 is 4.79 Å². The first kappa shape index (κ1) is 25.1.